The average Bonchev–Trinajstić information content (AvgIpc) is 2.94. The van der Waals surface area contributed by atoms with Crippen molar-refractivity contribution in [1.82, 2.24) is 4.57 Å². The quantitative estimate of drug-likeness (QED) is 0.631. The second-order valence-electron chi connectivity index (χ2n) is 5.24. The van der Waals surface area contributed by atoms with Crippen LogP contribution in [0.15, 0.2) is 41.7 Å². The Hall–Kier alpha value is -2.36. The molecule has 0 aliphatic heterocycles. The fourth-order valence-corrected chi connectivity index (χ4v) is 2.02. The molecule has 0 bridgehead atoms. The molecule has 4 nitrogen and oxygen atoms in total. The van der Waals surface area contributed by atoms with Crippen molar-refractivity contribution >= 4 is 17.9 Å². The van der Waals surface area contributed by atoms with Gasteiger partial charge in [0.1, 0.15) is 0 Å². The second-order valence-corrected chi connectivity index (χ2v) is 5.24. The molecule has 0 saturated heterocycles. The van der Waals surface area contributed by atoms with E-state index < -0.39 is 0 Å². The minimum atomic E-state index is -0.331. The standard InChI is InChI=1S/C17H20N2O2/c1-12(2)19-8-7-14(11-19)10-18-16-6-5-15(9-13(16)3)17(20)21-4/h5-12H,1-4H3. The van der Waals surface area contributed by atoms with Gasteiger partial charge in [0, 0.05) is 30.2 Å². The lowest BCUT2D eigenvalue weighted by molar-refractivity contribution is 0.0600. The van der Waals surface area contributed by atoms with Crippen LogP contribution in [0, 0.1) is 6.92 Å². The molecule has 2 aromatic rings. The third-order valence-corrected chi connectivity index (χ3v) is 3.30. The lowest BCUT2D eigenvalue weighted by atomic mass is 10.1. The van der Waals surface area contributed by atoms with Crippen LogP contribution in [-0.2, 0) is 4.74 Å². The van der Waals surface area contributed by atoms with Crippen molar-refractivity contribution in [1.29, 1.82) is 0 Å². The van der Waals surface area contributed by atoms with E-state index in [1.165, 1.54) is 7.11 Å². The summed E-state index contributed by atoms with van der Waals surface area (Å²) in [7, 11) is 1.38. The maximum Gasteiger partial charge on any atom is 0.337 e. The van der Waals surface area contributed by atoms with Crippen LogP contribution in [0.5, 0.6) is 0 Å². The number of nitrogens with zero attached hydrogens (tertiary/aromatic N) is 2. The summed E-state index contributed by atoms with van der Waals surface area (Å²) < 4.78 is 6.84. The highest BCUT2D eigenvalue weighted by Crippen LogP contribution is 2.20. The minimum Gasteiger partial charge on any atom is -0.465 e. The van der Waals surface area contributed by atoms with Crippen LogP contribution in [0.1, 0.15) is 41.4 Å². The number of hydrogen-bond acceptors (Lipinski definition) is 3. The van der Waals surface area contributed by atoms with Crippen LogP contribution in [0.4, 0.5) is 5.69 Å². The van der Waals surface area contributed by atoms with E-state index in [-0.39, 0.29) is 5.97 Å². The van der Waals surface area contributed by atoms with Gasteiger partial charge in [-0.1, -0.05) is 0 Å². The summed E-state index contributed by atoms with van der Waals surface area (Å²) in [4.78, 5) is 15.9. The van der Waals surface area contributed by atoms with Crippen molar-refractivity contribution in [2.75, 3.05) is 7.11 Å². The van der Waals surface area contributed by atoms with Gasteiger partial charge in [-0.05, 0) is 50.6 Å². The molecule has 1 aromatic heterocycles. The first-order chi connectivity index (χ1) is 10.0. The highest BCUT2D eigenvalue weighted by Gasteiger charge is 2.06. The van der Waals surface area contributed by atoms with Gasteiger partial charge in [-0.15, -0.1) is 0 Å². The molecule has 0 amide bonds. The first-order valence-corrected chi connectivity index (χ1v) is 6.91. The number of aromatic nitrogens is 1. The predicted molar refractivity (Wildman–Crippen MR) is 84.6 cm³/mol. The number of aryl methyl sites for hydroxylation is 1. The van der Waals surface area contributed by atoms with Crippen molar-refractivity contribution in [2.45, 2.75) is 26.8 Å². The lowest BCUT2D eigenvalue weighted by Gasteiger charge is -2.05. The molecule has 4 heteroatoms. The predicted octanol–water partition coefficient (Wildman–Crippen LogP) is 3.91. The smallest absolute Gasteiger partial charge is 0.337 e. The highest BCUT2D eigenvalue weighted by molar-refractivity contribution is 5.90. The fourth-order valence-electron chi connectivity index (χ4n) is 2.02. The summed E-state index contributed by atoms with van der Waals surface area (Å²) in [6.07, 6.45) is 5.94. The van der Waals surface area contributed by atoms with Gasteiger partial charge in [-0.3, -0.25) is 4.99 Å². The Morgan fingerprint density at radius 3 is 2.67 bits per heavy atom. The fraction of sp³-hybridized carbons (Fsp3) is 0.294. The average molecular weight is 284 g/mol. The van der Waals surface area contributed by atoms with E-state index >= 15 is 0 Å². The van der Waals surface area contributed by atoms with E-state index in [4.69, 9.17) is 4.74 Å². The molecule has 0 spiro atoms. The molecular weight excluding hydrogens is 264 g/mol. The Labute approximate surface area is 125 Å². The maximum absolute atomic E-state index is 11.5. The first-order valence-electron chi connectivity index (χ1n) is 6.91. The number of esters is 1. The minimum absolute atomic E-state index is 0.331. The summed E-state index contributed by atoms with van der Waals surface area (Å²) in [5, 5.41) is 0. The maximum atomic E-state index is 11.5. The van der Waals surface area contributed by atoms with Gasteiger partial charge in [0.05, 0.1) is 18.4 Å². The summed E-state index contributed by atoms with van der Waals surface area (Å²) in [5.74, 6) is -0.331. The van der Waals surface area contributed by atoms with E-state index in [1.807, 2.05) is 31.5 Å². The SMILES string of the molecule is COC(=O)c1ccc(N=Cc2ccn(C(C)C)c2)c(C)c1. The van der Waals surface area contributed by atoms with Gasteiger partial charge in [0.15, 0.2) is 0 Å². The number of rotatable bonds is 4. The molecule has 21 heavy (non-hydrogen) atoms. The normalized spacial score (nSPS) is 11.3. The molecule has 110 valence electrons. The van der Waals surface area contributed by atoms with Crippen LogP contribution in [0.2, 0.25) is 0 Å². The molecule has 0 saturated carbocycles. The van der Waals surface area contributed by atoms with Gasteiger partial charge >= 0.3 is 5.97 Å². The number of carbonyl (C=O) groups excluding carboxylic acids is 1. The van der Waals surface area contributed by atoms with Crippen molar-refractivity contribution in [3.8, 4) is 0 Å². The van der Waals surface area contributed by atoms with Crippen LogP contribution < -0.4 is 0 Å². The zero-order chi connectivity index (χ0) is 15.4. The molecule has 2 rings (SSSR count). The van der Waals surface area contributed by atoms with Crippen LogP contribution in [-0.4, -0.2) is 23.9 Å². The molecule has 0 N–H and O–H groups in total. The zero-order valence-electron chi connectivity index (χ0n) is 12.8. The largest absolute Gasteiger partial charge is 0.465 e. The van der Waals surface area contributed by atoms with E-state index in [1.54, 1.807) is 12.1 Å². The Balaban J connectivity index is 2.18. The molecule has 0 radical (unpaired) electrons. The molecule has 0 aliphatic rings. The van der Waals surface area contributed by atoms with Gasteiger partial charge in [0.2, 0.25) is 0 Å². The van der Waals surface area contributed by atoms with Gasteiger partial charge < -0.3 is 9.30 Å². The second kappa shape index (κ2) is 6.39. The Bertz CT molecular complexity index is 669. The molecular formula is C17H20N2O2. The molecule has 1 heterocycles. The lowest BCUT2D eigenvalue weighted by Crippen LogP contribution is -2.00. The highest BCUT2D eigenvalue weighted by atomic mass is 16.5. The molecule has 0 atom stereocenters. The summed E-state index contributed by atoms with van der Waals surface area (Å²) in [6.45, 7) is 6.20. The number of benzene rings is 1. The Kier molecular flexibility index (Phi) is 4.58. The number of aliphatic imine (C=N–C) groups is 1. The topological polar surface area (TPSA) is 43.6 Å². The molecule has 1 aromatic carbocycles. The van der Waals surface area contributed by atoms with Gasteiger partial charge in [-0.2, -0.15) is 0 Å². The number of carbonyl (C=O) groups is 1. The van der Waals surface area contributed by atoms with Crippen molar-refractivity contribution in [3.63, 3.8) is 0 Å². The molecule has 0 unspecified atom stereocenters. The summed E-state index contributed by atoms with van der Waals surface area (Å²) in [6, 6.07) is 7.81. The Morgan fingerprint density at radius 2 is 2.10 bits per heavy atom. The third kappa shape index (κ3) is 3.60. The number of methoxy groups -OCH3 is 1. The number of ether oxygens (including phenoxy) is 1. The van der Waals surface area contributed by atoms with Crippen molar-refractivity contribution in [2.24, 2.45) is 4.99 Å². The first kappa shape index (κ1) is 15.0. The van der Waals surface area contributed by atoms with Crippen molar-refractivity contribution in [3.05, 3.63) is 53.3 Å². The van der Waals surface area contributed by atoms with Gasteiger partial charge in [-0.25, -0.2) is 4.79 Å². The van der Waals surface area contributed by atoms with E-state index in [2.05, 4.69) is 29.6 Å². The zero-order valence-corrected chi connectivity index (χ0v) is 12.8. The monoisotopic (exact) mass is 284 g/mol. The van der Waals surface area contributed by atoms with E-state index in [0.29, 0.717) is 11.6 Å². The summed E-state index contributed by atoms with van der Waals surface area (Å²) in [5.41, 5.74) is 3.39. The van der Waals surface area contributed by atoms with E-state index in [0.717, 1.165) is 16.8 Å². The van der Waals surface area contributed by atoms with E-state index in [9.17, 15) is 4.79 Å². The van der Waals surface area contributed by atoms with Crippen LogP contribution in [0.25, 0.3) is 0 Å². The summed E-state index contributed by atoms with van der Waals surface area (Å²) >= 11 is 0. The Morgan fingerprint density at radius 1 is 1.33 bits per heavy atom. The van der Waals surface area contributed by atoms with Crippen LogP contribution >= 0.6 is 0 Å². The third-order valence-electron chi connectivity index (χ3n) is 3.30. The van der Waals surface area contributed by atoms with Crippen LogP contribution in [0.3, 0.4) is 0 Å². The van der Waals surface area contributed by atoms with Gasteiger partial charge in [0.25, 0.3) is 0 Å². The molecule has 0 aliphatic carbocycles. The molecule has 0 fully saturated rings. The van der Waals surface area contributed by atoms with Crippen molar-refractivity contribution < 1.29 is 9.53 Å². The number of hydrogen-bond donors (Lipinski definition) is 0.